The molecule has 21 heavy (non-hydrogen) atoms. The first-order valence-electron chi connectivity index (χ1n) is 6.71. The van der Waals surface area contributed by atoms with Crippen molar-refractivity contribution in [3.05, 3.63) is 80.4 Å². The van der Waals surface area contributed by atoms with E-state index in [2.05, 4.69) is 71.1 Å². The van der Waals surface area contributed by atoms with E-state index < -0.39 is 0 Å². The lowest BCUT2D eigenvalue weighted by Gasteiger charge is -2.13. The topological polar surface area (TPSA) is 0 Å². The van der Waals surface area contributed by atoms with Gasteiger partial charge in [0.1, 0.15) is 0 Å². The van der Waals surface area contributed by atoms with E-state index in [0.29, 0.717) is 0 Å². The maximum atomic E-state index is 6.60. The quantitative estimate of drug-likeness (QED) is 0.326. The van der Waals surface area contributed by atoms with Crippen LogP contribution in [-0.2, 0) is 6.42 Å². The van der Waals surface area contributed by atoms with Crippen molar-refractivity contribution >= 4 is 56.6 Å². The number of hydrogen-bond donors (Lipinski definition) is 0. The predicted octanol–water partition coefficient (Wildman–Crippen LogP) is 6.62. The minimum absolute atomic E-state index is 0.0784. The van der Waals surface area contributed by atoms with Crippen molar-refractivity contribution < 1.29 is 0 Å². The highest BCUT2D eigenvalue weighted by Crippen LogP contribution is 2.31. The van der Waals surface area contributed by atoms with E-state index in [9.17, 15) is 0 Å². The van der Waals surface area contributed by atoms with Crippen molar-refractivity contribution in [3.63, 3.8) is 0 Å². The van der Waals surface area contributed by atoms with Gasteiger partial charge in [-0.15, -0.1) is 11.6 Å². The Morgan fingerprint density at radius 1 is 0.952 bits per heavy atom. The summed E-state index contributed by atoms with van der Waals surface area (Å²) >= 11 is 15.0. The Hall–Kier alpha value is -0.770. The molecule has 3 rings (SSSR count). The molecule has 0 aliphatic rings. The Bertz CT molecular complexity index is 778. The zero-order chi connectivity index (χ0) is 14.8. The number of benzene rings is 3. The molecule has 0 fully saturated rings. The summed E-state index contributed by atoms with van der Waals surface area (Å²) in [4.78, 5) is 0. The van der Waals surface area contributed by atoms with Gasteiger partial charge in [-0.25, -0.2) is 0 Å². The Balaban J connectivity index is 1.92. The van der Waals surface area contributed by atoms with Crippen molar-refractivity contribution in [2.75, 3.05) is 0 Å². The molecule has 0 saturated heterocycles. The Morgan fingerprint density at radius 2 is 1.71 bits per heavy atom. The first-order chi connectivity index (χ1) is 10.1. The highest BCUT2D eigenvalue weighted by atomic mass is 127. The molecule has 0 heterocycles. The standard InChI is InChI=1S/C18H13Cl2I/c19-16(14-8-9-18(21)17(20)11-14)10-13-6-3-5-12-4-1-2-7-15(12)13/h1-9,11,16H,10H2. The van der Waals surface area contributed by atoms with Gasteiger partial charge in [-0.1, -0.05) is 60.1 Å². The van der Waals surface area contributed by atoms with Gasteiger partial charge in [0.25, 0.3) is 0 Å². The lowest BCUT2D eigenvalue weighted by Crippen LogP contribution is -1.97. The second kappa shape index (κ2) is 6.55. The van der Waals surface area contributed by atoms with Crippen LogP contribution < -0.4 is 0 Å². The average molecular weight is 427 g/mol. The van der Waals surface area contributed by atoms with Crippen LogP contribution in [0.4, 0.5) is 0 Å². The molecule has 0 amide bonds. The molecule has 3 heteroatoms. The third-order valence-electron chi connectivity index (χ3n) is 3.58. The molecule has 0 saturated carbocycles. The van der Waals surface area contributed by atoms with Crippen LogP contribution >= 0.6 is 45.8 Å². The maximum Gasteiger partial charge on any atom is 0.0626 e. The fourth-order valence-corrected chi connectivity index (χ4v) is 3.32. The molecule has 3 aromatic rings. The molecule has 106 valence electrons. The van der Waals surface area contributed by atoms with Gasteiger partial charge in [0.05, 0.1) is 10.4 Å². The second-order valence-corrected chi connectivity index (χ2v) is 7.08. The highest BCUT2D eigenvalue weighted by molar-refractivity contribution is 14.1. The van der Waals surface area contributed by atoms with Crippen LogP contribution in [0, 0.1) is 3.57 Å². The summed E-state index contributed by atoms with van der Waals surface area (Å²) in [6.07, 6.45) is 0.791. The van der Waals surface area contributed by atoms with E-state index in [1.165, 1.54) is 16.3 Å². The molecule has 0 bridgehead atoms. The molecule has 0 aliphatic heterocycles. The van der Waals surface area contributed by atoms with Crippen molar-refractivity contribution in [2.45, 2.75) is 11.8 Å². The average Bonchev–Trinajstić information content (AvgIpc) is 2.50. The van der Waals surface area contributed by atoms with Crippen LogP contribution in [-0.4, -0.2) is 0 Å². The third kappa shape index (κ3) is 3.36. The fourth-order valence-electron chi connectivity index (χ4n) is 2.49. The number of rotatable bonds is 3. The third-order valence-corrected chi connectivity index (χ3v) is 5.56. The van der Waals surface area contributed by atoms with Crippen molar-refractivity contribution in [3.8, 4) is 0 Å². The van der Waals surface area contributed by atoms with Gasteiger partial charge >= 0.3 is 0 Å². The first-order valence-corrected chi connectivity index (χ1v) is 8.60. The molecule has 1 atom stereocenters. The smallest absolute Gasteiger partial charge is 0.0626 e. The Morgan fingerprint density at radius 3 is 2.52 bits per heavy atom. The van der Waals surface area contributed by atoms with Gasteiger partial charge in [-0.05, 0) is 63.0 Å². The minimum Gasteiger partial charge on any atom is -0.117 e. The van der Waals surface area contributed by atoms with Crippen molar-refractivity contribution in [1.82, 2.24) is 0 Å². The van der Waals surface area contributed by atoms with Gasteiger partial charge in [-0.2, -0.15) is 0 Å². The van der Waals surface area contributed by atoms with Gasteiger partial charge in [0, 0.05) is 3.57 Å². The molecule has 0 aliphatic carbocycles. The summed E-state index contributed by atoms with van der Waals surface area (Å²) in [6, 6.07) is 20.8. The van der Waals surface area contributed by atoms with Crippen molar-refractivity contribution in [2.24, 2.45) is 0 Å². The minimum atomic E-state index is -0.0784. The fraction of sp³-hybridized carbons (Fsp3) is 0.111. The molecule has 0 spiro atoms. The van der Waals surface area contributed by atoms with Crippen LogP contribution in [0.25, 0.3) is 10.8 Å². The normalized spacial score (nSPS) is 12.5. The zero-order valence-corrected chi connectivity index (χ0v) is 14.9. The highest BCUT2D eigenvalue weighted by Gasteiger charge is 2.12. The summed E-state index contributed by atoms with van der Waals surface area (Å²) in [5.74, 6) is 0. The first kappa shape index (κ1) is 15.1. The monoisotopic (exact) mass is 426 g/mol. The van der Waals surface area contributed by atoms with E-state index in [4.69, 9.17) is 23.2 Å². The lowest BCUT2D eigenvalue weighted by molar-refractivity contribution is 0.927. The van der Waals surface area contributed by atoms with E-state index in [1.54, 1.807) is 0 Å². The van der Waals surface area contributed by atoms with Gasteiger partial charge < -0.3 is 0 Å². The number of halogens is 3. The number of alkyl halides is 1. The van der Waals surface area contributed by atoms with E-state index in [0.717, 1.165) is 20.6 Å². The van der Waals surface area contributed by atoms with Crippen LogP contribution in [0.15, 0.2) is 60.7 Å². The molecule has 0 aromatic heterocycles. The largest absolute Gasteiger partial charge is 0.117 e. The molecule has 1 unspecified atom stereocenters. The number of fused-ring (bicyclic) bond motifs is 1. The molecular formula is C18H13Cl2I. The Labute approximate surface area is 148 Å². The van der Waals surface area contributed by atoms with Crippen LogP contribution in [0.5, 0.6) is 0 Å². The summed E-state index contributed by atoms with van der Waals surface area (Å²) in [7, 11) is 0. The summed E-state index contributed by atoms with van der Waals surface area (Å²) in [5, 5.41) is 3.20. The van der Waals surface area contributed by atoms with Crippen molar-refractivity contribution in [1.29, 1.82) is 0 Å². The van der Waals surface area contributed by atoms with E-state index in [1.807, 2.05) is 12.1 Å². The molecule has 0 N–H and O–H groups in total. The van der Waals surface area contributed by atoms with E-state index in [-0.39, 0.29) is 5.38 Å². The SMILES string of the molecule is Clc1cc(C(Cl)Cc2cccc3ccccc23)ccc1I. The summed E-state index contributed by atoms with van der Waals surface area (Å²) in [5.41, 5.74) is 2.33. The predicted molar refractivity (Wildman–Crippen MR) is 100 cm³/mol. The van der Waals surface area contributed by atoms with Gasteiger partial charge in [0.2, 0.25) is 0 Å². The van der Waals surface area contributed by atoms with Gasteiger partial charge in [-0.3, -0.25) is 0 Å². The second-order valence-electron chi connectivity index (χ2n) is 4.98. The Kier molecular flexibility index (Phi) is 4.72. The zero-order valence-electron chi connectivity index (χ0n) is 11.2. The summed E-state index contributed by atoms with van der Waals surface area (Å²) in [6.45, 7) is 0. The number of hydrogen-bond acceptors (Lipinski definition) is 0. The van der Waals surface area contributed by atoms with Gasteiger partial charge in [0.15, 0.2) is 0 Å². The van der Waals surface area contributed by atoms with Crippen LogP contribution in [0.3, 0.4) is 0 Å². The molecule has 0 nitrogen and oxygen atoms in total. The lowest BCUT2D eigenvalue weighted by atomic mass is 9.98. The molecular weight excluding hydrogens is 414 g/mol. The summed E-state index contributed by atoms with van der Waals surface area (Å²) < 4.78 is 1.05. The molecule has 3 aromatic carbocycles. The van der Waals surface area contributed by atoms with Crippen LogP contribution in [0.2, 0.25) is 5.02 Å². The maximum absolute atomic E-state index is 6.60. The van der Waals surface area contributed by atoms with Crippen LogP contribution in [0.1, 0.15) is 16.5 Å². The van der Waals surface area contributed by atoms with E-state index >= 15 is 0 Å². The molecule has 0 radical (unpaired) electrons.